The summed E-state index contributed by atoms with van der Waals surface area (Å²) in [5.41, 5.74) is 2.16. The summed E-state index contributed by atoms with van der Waals surface area (Å²) >= 11 is 0. The quantitative estimate of drug-likeness (QED) is 0.361. The van der Waals surface area contributed by atoms with Gasteiger partial charge in [-0.15, -0.1) is 13.2 Å². The first kappa shape index (κ1) is 31.3. The highest BCUT2D eigenvalue weighted by atomic mass is 32.2. The van der Waals surface area contributed by atoms with E-state index in [0.29, 0.717) is 42.4 Å². The number of anilines is 1. The maximum atomic E-state index is 13.8. The second-order valence-electron chi connectivity index (χ2n) is 10.2. The zero-order chi connectivity index (χ0) is 31.6. The Balaban J connectivity index is 1.33. The zero-order valence-corrected chi connectivity index (χ0v) is 25.2. The molecule has 0 atom stereocenters. The number of sulfonamides is 1. The fraction of sp³-hybridized carbons (Fsp3) is 0.367. The number of amides is 1. The van der Waals surface area contributed by atoms with Crippen molar-refractivity contribution >= 4 is 21.6 Å². The lowest BCUT2D eigenvalue weighted by molar-refractivity contribution is -0.274. The minimum atomic E-state index is -4.94. The molecule has 0 bridgehead atoms. The summed E-state index contributed by atoms with van der Waals surface area (Å²) in [6, 6.07) is 13.5. The molecule has 44 heavy (non-hydrogen) atoms. The lowest BCUT2D eigenvalue weighted by atomic mass is 10.0. The lowest BCUT2D eigenvalue weighted by Gasteiger charge is -2.37. The van der Waals surface area contributed by atoms with Crippen LogP contribution in [0.15, 0.2) is 59.5 Å². The standard InChI is InChI=1S/C30H32F3N3O7S/c1-40-26-9-8-22(44(38,39)36-11-10-20-16-27(41-2)28(42-3)17-21(20)19-36)18-24(26)34-12-14-35(15-13-34)29(37)23-6-4-5-7-25(23)43-30(31,32)33/h4-9,16-18H,10-15,19H2,1-3H3. The first-order valence-electron chi connectivity index (χ1n) is 13.8. The Kier molecular flexibility index (Phi) is 8.84. The number of ether oxygens (including phenoxy) is 4. The largest absolute Gasteiger partial charge is 0.573 e. The van der Waals surface area contributed by atoms with Crippen LogP contribution in [-0.4, -0.2) is 83.9 Å². The second kappa shape index (κ2) is 12.4. The SMILES string of the molecule is COc1cc2c(cc1OC)CN(S(=O)(=O)c1ccc(OC)c(N3CCN(C(=O)c4ccccc4OC(F)(F)F)CC3)c1)CC2. The second-order valence-corrected chi connectivity index (χ2v) is 12.2. The molecule has 0 aliphatic carbocycles. The molecular formula is C30H32F3N3O7S. The number of para-hydroxylation sites is 1. The smallest absolute Gasteiger partial charge is 0.495 e. The van der Waals surface area contributed by atoms with E-state index in [1.165, 1.54) is 47.7 Å². The van der Waals surface area contributed by atoms with Gasteiger partial charge in [0.2, 0.25) is 10.0 Å². The molecular weight excluding hydrogens is 603 g/mol. The molecule has 1 saturated heterocycles. The number of piperazine rings is 1. The van der Waals surface area contributed by atoms with E-state index in [4.69, 9.17) is 14.2 Å². The number of nitrogens with zero attached hydrogens (tertiary/aromatic N) is 3. The van der Waals surface area contributed by atoms with Crippen LogP contribution in [0.4, 0.5) is 18.9 Å². The Morgan fingerprint density at radius 2 is 1.41 bits per heavy atom. The van der Waals surface area contributed by atoms with E-state index in [0.717, 1.165) is 17.2 Å². The summed E-state index contributed by atoms with van der Waals surface area (Å²) in [5, 5.41) is 0. The summed E-state index contributed by atoms with van der Waals surface area (Å²) in [5.74, 6) is 0.403. The van der Waals surface area contributed by atoms with E-state index in [1.54, 1.807) is 25.3 Å². The van der Waals surface area contributed by atoms with Crippen LogP contribution in [0.1, 0.15) is 21.5 Å². The van der Waals surface area contributed by atoms with Crippen molar-refractivity contribution < 1.29 is 45.3 Å². The van der Waals surface area contributed by atoms with Gasteiger partial charge in [0.1, 0.15) is 11.5 Å². The van der Waals surface area contributed by atoms with Gasteiger partial charge in [-0.3, -0.25) is 4.79 Å². The van der Waals surface area contributed by atoms with E-state index in [-0.39, 0.29) is 36.6 Å². The molecule has 1 amide bonds. The van der Waals surface area contributed by atoms with E-state index in [1.807, 2.05) is 11.0 Å². The van der Waals surface area contributed by atoms with Crippen molar-refractivity contribution in [2.75, 3.05) is 59.0 Å². The topological polar surface area (TPSA) is 97.9 Å². The predicted molar refractivity (Wildman–Crippen MR) is 155 cm³/mol. The summed E-state index contributed by atoms with van der Waals surface area (Å²) in [6.45, 7) is 1.42. The van der Waals surface area contributed by atoms with Gasteiger partial charge < -0.3 is 28.7 Å². The van der Waals surface area contributed by atoms with E-state index in [2.05, 4.69) is 4.74 Å². The Bertz CT molecular complexity index is 1640. The third-order valence-corrected chi connectivity index (χ3v) is 9.56. The number of carbonyl (C=O) groups excluding carboxylic acids is 1. The first-order chi connectivity index (χ1) is 20.9. The minimum absolute atomic E-state index is 0.0916. The van der Waals surface area contributed by atoms with Crippen LogP contribution >= 0.6 is 0 Å². The first-order valence-corrected chi connectivity index (χ1v) is 15.2. The number of carbonyl (C=O) groups is 1. The average molecular weight is 636 g/mol. The average Bonchev–Trinajstić information content (AvgIpc) is 3.02. The molecule has 0 saturated carbocycles. The molecule has 10 nitrogen and oxygen atoms in total. The third kappa shape index (κ3) is 6.36. The number of halogens is 3. The maximum absolute atomic E-state index is 13.8. The molecule has 0 spiro atoms. The van der Waals surface area contributed by atoms with Crippen molar-refractivity contribution in [2.24, 2.45) is 0 Å². The molecule has 3 aromatic carbocycles. The molecule has 0 radical (unpaired) electrons. The zero-order valence-electron chi connectivity index (χ0n) is 24.4. The lowest BCUT2D eigenvalue weighted by Crippen LogP contribution is -2.49. The van der Waals surface area contributed by atoms with Crippen LogP contribution in [0.25, 0.3) is 0 Å². The molecule has 14 heteroatoms. The van der Waals surface area contributed by atoms with E-state index < -0.39 is 28.0 Å². The molecule has 2 aliphatic heterocycles. The van der Waals surface area contributed by atoms with Gasteiger partial charge in [0.15, 0.2) is 11.5 Å². The van der Waals surface area contributed by atoms with Crippen molar-refractivity contribution in [1.29, 1.82) is 0 Å². The number of hydrogen-bond acceptors (Lipinski definition) is 8. The summed E-state index contributed by atoms with van der Waals surface area (Å²) < 4.78 is 88.0. The minimum Gasteiger partial charge on any atom is -0.495 e. The maximum Gasteiger partial charge on any atom is 0.573 e. The number of methoxy groups -OCH3 is 3. The molecule has 3 aromatic rings. The van der Waals surface area contributed by atoms with Crippen molar-refractivity contribution in [1.82, 2.24) is 9.21 Å². The molecule has 0 unspecified atom stereocenters. The van der Waals surface area contributed by atoms with Gasteiger partial charge in [-0.25, -0.2) is 8.42 Å². The van der Waals surface area contributed by atoms with Crippen LogP contribution in [0.5, 0.6) is 23.0 Å². The Morgan fingerprint density at radius 3 is 2.05 bits per heavy atom. The van der Waals surface area contributed by atoms with Crippen molar-refractivity contribution in [2.45, 2.75) is 24.2 Å². The number of hydrogen-bond donors (Lipinski definition) is 0. The number of fused-ring (bicyclic) bond motifs is 1. The molecule has 0 aromatic heterocycles. The molecule has 1 fully saturated rings. The van der Waals surface area contributed by atoms with Gasteiger partial charge in [-0.05, 0) is 60.0 Å². The van der Waals surface area contributed by atoms with Gasteiger partial charge in [-0.1, -0.05) is 12.1 Å². The summed E-state index contributed by atoms with van der Waals surface area (Å²) in [7, 11) is 0.659. The van der Waals surface area contributed by atoms with Crippen molar-refractivity contribution in [3.8, 4) is 23.0 Å². The Hall–Kier alpha value is -4.17. The van der Waals surface area contributed by atoms with Gasteiger partial charge in [0.25, 0.3) is 5.91 Å². The van der Waals surface area contributed by atoms with Gasteiger partial charge in [0.05, 0.1) is 37.5 Å². The van der Waals surface area contributed by atoms with E-state index >= 15 is 0 Å². The van der Waals surface area contributed by atoms with Gasteiger partial charge in [0, 0.05) is 39.3 Å². The number of alkyl halides is 3. The highest BCUT2D eigenvalue weighted by Crippen LogP contribution is 2.37. The molecule has 5 rings (SSSR count). The summed E-state index contributed by atoms with van der Waals surface area (Å²) in [4.78, 5) is 16.6. The Labute approximate surface area is 253 Å². The predicted octanol–water partition coefficient (Wildman–Crippen LogP) is 4.32. The highest BCUT2D eigenvalue weighted by molar-refractivity contribution is 7.89. The number of rotatable bonds is 8. The molecule has 0 N–H and O–H groups in total. The normalized spacial score (nSPS) is 15.9. The molecule has 2 heterocycles. The van der Waals surface area contributed by atoms with E-state index in [9.17, 15) is 26.4 Å². The van der Waals surface area contributed by atoms with Crippen LogP contribution in [-0.2, 0) is 23.0 Å². The van der Waals surface area contributed by atoms with Crippen molar-refractivity contribution in [3.63, 3.8) is 0 Å². The van der Waals surface area contributed by atoms with Crippen LogP contribution in [0.2, 0.25) is 0 Å². The van der Waals surface area contributed by atoms with Crippen LogP contribution in [0, 0.1) is 0 Å². The molecule has 2 aliphatic rings. The monoisotopic (exact) mass is 635 g/mol. The highest BCUT2D eigenvalue weighted by Gasteiger charge is 2.35. The third-order valence-electron chi connectivity index (χ3n) is 7.72. The molecule has 236 valence electrons. The van der Waals surface area contributed by atoms with Crippen LogP contribution < -0.4 is 23.8 Å². The van der Waals surface area contributed by atoms with Gasteiger partial charge in [-0.2, -0.15) is 4.31 Å². The Morgan fingerprint density at radius 1 is 0.773 bits per heavy atom. The van der Waals surface area contributed by atoms with Crippen molar-refractivity contribution in [3.05, 3.63) is 71.3 Å². The van der Waals surface area contributed by atoms with Gasteiger partial charge >= 0.3 is 6.36 Å². The van der Waals surface area contributed by atoms with Crippen LogP contribution in [0.3, 0.4) is 0 Å². The summed E-state index contributed by atoms with van der Waals surface area (Å²) in [6.07, 6.45) is -4.43. The fourth-order valence-corrected chi connectivity index (χ4v) is 6.91. The number of benzene rings is 3. The fourth-order valence-electron chi connectivity index (χ4n) is 5.47.